The molecule has 0 saturated heterocycles. The van der Waals surface area contributed by atoms with Gasteiger partial charge in [-0.1, -0.05) is 23.4 Å². The first-order chi connectivity index (χ1) is 8.79. The molecule has 0 aliphatic heterocycles. The molecule has 1 aromatic carbocycles. The third-order valence-electron chi connectivity index (χ3n) is 2.63. The number of ketones is 1. The molecule has 0 heterocycles. The minimum atomic E-state index is -4.96. The lowest BCUT2D eigenvalue weighted by molar-refractivity contribution is -0.0885. The first kappa shape index (κ1) is 13.8. The number of nitrogen functional groups attached to an aromatic ring is 1. The molecule has 6 heteroatoms. The molecule has 1 aliphatic rings. The Balaban J connectivity index is 2.48. The van der Waals surface area contributed by atoms with Gasteiger partial charge in [0.15, 0.2) is 0 Å². The second kappa shape index (κ2) is 4.78. The highest BCUT2D eigenvalue weighted by atomic mass is 35.5. The highest BCUT2D eigenvalue weighted by Crippen LogP contribution is 2.30. The number of halogens is 4. The van der Waals surface area contributed by atoms with E-state index in [1.54, 1.807) is 0 Å². The van der Waals surface area contributed by atoms with Crippen molar-refractivity contribution in [2.24, 2.45) is 5.92 Å². The van der Waals surface area contributed by atoms with E-state index in [2.05, 4.69) is 11.8 Å². The molecule has 1 fully saturated rings. The van der Waals surface area contributed by atoms with E-state index in [4.69, 9.17) is 17.3 Å². The van der Waals surface area contributed by atoms with E-state index in [1.807, 2.05) is 0 Å². The number of carbonyl (C=O) groups is 1. The number of hydrogen-bond acceptors (Lipinski definition) is 2. The van der Waals surface area contributed by atoms with E-state index in [0.29, 0.717) is 0 Å². The topological polar surface area (TPSA) is 43.1 Å². The summed E-state index contributed by atoms with van der Waals surface area (Å²) in [6.45, 7) is 0. The van der Waals surface area contributed by atoms with Crippen molar-refractivity contribution in [2.45, 2.75) is 19.0 Å². The minimum Gasteiger partial charge on any atom is -0.397 e. The van der Waals surface area contributed by atoms with Gasteiger partial charge < -0.3 is 5.73 Å². The molecule has 0 spiro atoms. The summed E-state index contributed by atoms with van der Waals surface area (Å²) in [6, 6.07) is 2.13. The molecule has 0 atom stereocenters. The van der Waals surface area contributed by atoms with Crippen molar-refractivity contribution in [1.82, 2.24) is 0 Å². The third-order valence-corrected chi connectivity index (χ3v) is 2.95. The van der Waals surface area contributed by atoms with Crippen molar-refractivity contribution < 1.29 is 18.0 Å². The van der Waals surface area contributed by atoms with E-state index >= 15 is 0 Å². The van der Waals surface area contributed by atoms with Crippen molar-refractivity contribution in [3.8, 4) is 11.8 Å². The first-order valence-corrected chi connectivity index (χ1v) is 5.89. The third kappa shape index (κ3) is 3.21. The molecule has 0 amide bonds. The number of hydrogen-bond donors (Lipinski definition) is 1. The van der Waals surface area contributed by atoms with E-state index in [0.717, 1.165) is 18.9 Å². The maximum absolute atomic E-state index is 12.5. The van der Waals surface area contributed by atoms with Crippen molar-refractivity contribution in [3.63, 3.8) is 0 Å². The zero-order chi connectivity index (χ0) is 14.2. The number of benzene rings is 1. The van der Waals surface area contributed by atoms with Gasteiger partial charge in [-0.3, -0.25) is 4.79 Å². The fourth-order valence-corrected chi connectivity index (χ4v) is 1.61. The Morgan fingerprint density at radius 1 is 1.37 bits per heavy atom. The second-order valence-electron chi connectivity index (χ2n) is 4.29. The van der Waals surface area contributed by atoms with E-state index < -0.39 is 17.5 Å². The first-order valence-electron chi connectivity index (χ1n) is 5.51. The van der Waals surface area contributed by atoms with Crippen LogP contribution in [0.5, 0.6) is 0 Å². The lowest BCUT2D eigenvalue weighted by atomic mass is 10.0. The summed E-state index contributed by atoms with van der Waals surface area (Å²) < 4.78 is 37.5. The van der Waals surface area contributed by atoms with Crippen molar-refractivity contribution in [3.05, 3.63) is 28.3 Å². The van der Waals surface area contributed by atoms with Gasteiger partial charge in [-0.25, -0.2) is 0 Å². The van der Waals surface area contributed by atoms with Crippen molar-refractivity contribution in [2.75, 3.05) is 5.73 Å². The summed E-state index contributed by atoms with van der Waals surface area (Å²) in [6.07, 6.45) is -3.10. The highest BCUT2D eigenvalue weighted by molar-refractivity contribution is 6.33. The molecule has 1 aliphatic carbocycles. The number of nitrogens with two attached hydrogens (primary N) is 1. The van der Waals surface area contributed by atoms with Crippen LogP contribution < -0.4 is 5.73 Å². The summed E-state index contributed by atoms with van der Waals surface area (Å²) in [5.41, 5.74) is 5.04. The molecule has 1 saturated carbocycles. The Kier molecular flexibility index (Phi) is 3.46. The number of rotatable bonds is 1. The van der Waals surface area contributed by atoms with Crippen LogP contribution in [0.2, 0.25) is 5.02 Å². The Labute approximate surface area is 112 Å². The molecule has 0 radical (unpaired) electrons. The van der Waals surface area contributed by atoms with Crippen LogP contribution in [0.4, 0.5) is 18.9 Å². The SMILES string of the molecule is Nc1cc(C#CC2CC2)c(C(=O)C(F)(F)F)cc1Cl. The second-order valence-corrected chi connectivity index (χ2v) is 4.70. The van der Waals surface area contributed by atoms with Gasteiger partial charge in [0.25, 0.3) is 5.78 Å². The average Bonchev–Trinajstić information content (AvgIpc) is 3.12. The van der Waals surface area contributed by atoms with E-state index in [9.17, 15) is 18.0 Å². The Morgan fingerprint density at radius 2 is 2.00 bits per heavy atom. The van der Waals surface area contributed by atoms with Gasteiger partial charge in [0.1, 0.15) is 0 Å². The zero-order valence-corrected chi connectivity index (χ0v) is 10.4. The summed E-state index contributed by atoms with van der Waals surface area (Å²) in [4.78, 5) is 11.3. The van der Waals surface area contributed by atoms with Gasteiger partial charge in [0.2, 0.25) is 0 Å². The maximum atomic E-state index is 12.5. The summed E-state index contributed by atoms with van der Waals surface area (Å²) >= 11 is 5.66. The smallest absolute Gasteiger partial charge is 0.397 e. The van der Waals surface area contributed by atoms with Gasteiger partial charge in [0.05, 0.1) is 10.7 Å². The number of carbonyl (C=O) groups excluding carboxylic acids is 1. The molecule has 19 heavy (non-hydrogen) atoms. The minimum absolute atomic E-state index is 0.0314. The van der Waals surface area contributed by atoms with Crippen molar-refractivity contribution in [1.29, 1.82) is 0 Å². The largest absolute Gasteiger partial charge is 0.454 e. The predicted molar refractivity (Wildman–Crippen MR) is 65.9 cm³/mol. The van der Waals surface area contributed by atoms with Gasteiger partial charge in [0, 0.05) is 17.0 Å². The summed E-state index contributed by atoms with van der Waals surface area (Å²) in [7, 11) is 0. The van der Waals surface area contributed by atoms with Gasteiger partial charge in [-0.15, -0.1) is 0 Å². The van der Waals surface area contributed by atoms with Gasteiger partial charge in [-0.05, 0) is 25.0 Å². The van der Waals surface area contributed by atoms with Gasteiger partial charge >= 0.3 is 6.18 Å². The predicted octanol–water partition coefficient (Wildman–Crippen LogP) is 3.43. The molecule has 2 nitrogen and oxygen atoms in total. The van der Waals surface area contributed by atoms with Crippen LogP contribution in [0.1, 0.15) is 28.8 Å². The molecule has 2 N–H and O–H groups in total. The molecule has 2 rings (SSSR count). The van der Waals surface area contributed by atoms with E-state index in [-0.39, 0.29) is 22.2 Å². The fraction of sp³-hybridized carbons (Fsp3) is 0.308. The molecule has 0 aromatic heterocycles. The number of Topliss-reactive ketones (excluding diaryl/α,β-unsaturated/α-hetero) is 1. The summed E-state index contributed by atoms with van der Waals surface area (Å²) in [5, 5.41) is -0.0930. The molecule has 100 valence electrons. The van der Waals surface area contributed by atoms with Crippen LogP contribution in [-0.2, 0) is 0 Å². The number of anilines is 1. The monoisotopic (exact) mass is 287 g/mol. The molecule has 1 aromatic rings. The molecular formula is C13H9ClF3NO. The van der Waals surface area contributed by atoms with Crippen LogP contribution in [0.3, 0.4) is 0 Å². The Morgan fingerprint density at radius 3 is 2.53 bits per heavy atom. The molecule has 0 unspecified atom stereocenters. The fourth-order valence-electron chi connectivity index (χ4n) is 1.44. The molecular weight excluding hydrogens is 279 g/mol. The van der Waals surface area contributed by atoms with Crippen LogP contribution in [0.15, 0.2) is 12.1 Å². The zero-order valence-electron chi connectivity index (χ0n) is 9.64. The Bertz CT molecular complexity index is 594. The number of alkyl halides is 3. The molecule has 0 bridgehead atoms. The quantitative estimate of drug-likeness (QED) is 0.488. The average molecular weight is 288 g/mol. The van der Waals surface area contributed by atoms with Crippen LogP contribution >= 0.6 is 11.6 Å². The van der Waals surface area contributed by atoms with Crippen LogP contribution in [-0.4, -0.2) is 12.0 Å². The van der Waals surface area contributed by atoms with Crippen molar-refractivity contribution >= 4 is 23.1 Å². The van der Waals surface area contributed by atoms with E-state index in [1.165, 1.54) is 6.07 Å². The lowest BCUT2D eigenvalue weighted by Gasteiger charge is -2.09. The van der Waals surface area contributed by atoms with Crippen LogP contribution in [0, 0.1) is 17.8 Å². The summed E-state index contributed by atoms with van der Waals surface area (Å²) in [5.74, 6) is 3.62. The van der Waals surface area contributed by atoms with Crippen LogP contribution in [0.25, 0.3) is 0 Å². The lowest BCUT2D eigenvalue weighted by Crippen LogP contribution is -2.23. The van der Waals surface area contributed by atoms with Gasteiger partial charge in [-0.2, -0.15) is 13.2 Å². The highest BCUT2D eigenvalue weighted by Gasteiger charge is 2.40. The Hall–Kier alpha value is -1.67. The normalized spacial score (nSPS) is 14.7. The standard InChI is InChI=1S/C13H9ClF3NO/c14-10-6-9(12(19)13(15,16)17)8(5-11(10)18)4-3-7-1-2-7/h5-7H,1-2,18H2. The maximum Gasteiger partial charge on any atom is 0.454 e.